The minimum Gasteiger partial charge on any atom is -0.350 e. The van der Waals surface area contributed by atoms with Crippen molar-refractivity contribution in [3.8, 4) is 0 Å². The molecule has 0 aliphatic carbocycles. The molecule has 1 heterocycles. The Balaban J connectivity index is 1.87. The van der Waals surface area contributed by atoms with Crippen LogP contribution in [0.2, 0.25) is 0 Å². The van der Waals surface area contributed by atoms with Gasteiger partial charge in [-0.25, -0.2) is 0 Å². The SMILES string of the molecule is CC1(C)COC(C)(CCc2ccccc2)OC1. The first-order chi connectivity index (χ1) is 7.99. The third-order valence-corrected chi connectivity index (χ3v) is 3.25. The summed E-state index contributed by atoms with van der Waals surface area (Å²) in [6, 6.07) is 10.5. The second kappa shape index (κ2) is 4.79. The van der Waals surface area contributed by atoms with Crippen LogP contribution >= 0.6 is 0 Å². The van der Waals surface area contributed by atoms with Crippen LogP contribution in [0.1, 0.15) is 32.8 Å². The molecule has 0 bridgehead atoms. The summed E-state index contributed by atoms with van der Waals surface area (Å²) >= 11 is 0. The molecule has 0 atom stereocenters. The maximum absolute atomic E-state index is 5.88. The Kier molecular flexibility index (Phi) is 3.55. The van der Waals surface area contributed by atoms with Gasteiger partial charge in [0.15, 0.2) is 5.79 Å². The summed E-state index contributed by atoms with van der Waals surface area (Å²) in [6.07, 6.45) is 1.91. The number of ether oxygens (including phenoxy) is 2. The largest absolute Gasteiger partial charge is 0.350 e. The standard InChI is InChI=1S/C15H22O2/c1-14(2)11-16-15(3,17-12-14)10-9-13-7-5-4-6-8-13/h4-8H,9-12H2,1-3H3. The third kappa shape index (κ3) is 3.55. The average Bonchev–Trinajstić information content (AvgIpc) is 2.33. The van der Waals surface area contributed by atoms with Crippen LogP contribution < -0.4 is 0 Å². The van der Waals surface area contributed by atoms with E-state index in [1.807, 2.05) is 13.0 Å². The van der Waals surface area contributed by atoms with Crippen LogP contribution in [0.5, 0.6) is 0 Å². The van der Waals surface area contributed by atoms with Gasteiger partial charge in [-0.1, -0.05) is 44.2 Å². The molecular weight excluding hydrogens is 212 g/mol. The molecule has 0 radical (unpaired) electrons. The maximum atomic E-state index is 5.88. The molecule has 17 heavy (non-hydrogen) atoms. The van der Waals surface area contributed by atoms with Gasteiger partial charge in [0.2, 0.25) is 0 Å². The van der Waals surface area contributed by atoms with E-state index in [1.165, 1.54) is 5.56 Å². The van der Waals surface area contributed by atoms with Gasteiger partial charge in [-0.3, -0.25) is 0 Å². The average molecular weight is 234 g/mol. The lowest BCUT2D eigenvalue weighted by Crippen LogP contribution is -2.45. The number of benzene rings is 1. The normalized spacial score (nSPS) is 22.3. The second-order valence-electron chi connectivity index (χ2n) is 5.86. The Morgan fingerprint density at radius 3 is 2.18 bits per heavy atom. The molecular formula is C15H22O2. The molecule has 2 heteroatoms. The van der Waals surface area contributed by atoms with Crippen LogP contribution in [-0.2, 0) is 15.9 Å². The molecule has 0 aromatic heterocycles. The van der Waals surface area contributed by atoms with E-state index in [1.54, 1.807) is 0 Å². The zero-order chi connectivity index (χ0) is 12.4. The molecule has 1 aromatic carbocycles. The first-order valence-electron chi connectivity index (χ1n) is 6.31. The van der Waals surface area contributed by atoms with E-state index in [9.17, 15) is 0 Å². The number of rotatable bonds is 3. The zero-order valence-corrected chi connectivity index (χ0v) is 11.0. The van der Waals surface area contributed by atoms with Crippen LogP contribution in [0.25, 0.3) is 0 Å². The molecule has 1 aliphatic rings. The van der Waals surface area contributed by atoms with Crippen molar-refractivity contribution in [1.82, 2.24) is 0 Å². The highest BCUT2D eigenvalue weighted by Gasteiger charge is 2.36. The summed E-state index contributed by atoms with van der Waals surface area (Å²) in [5, 5.41) is 0. The van der Waals surface area contributed by atoms with E-state index in [0.717, 1.165) is 26.1 Å². The van der Waals surface area contributed by atoms with Gasteiger partial charge in [0, 0.05) is 11.8 Å². The van der Waals surface area contributed by atoms with Crippen molar-refractivity contribution in [1.29, 1.82) is 0 Å². The molecule has 1 aromatic rings. The molecule has 2 nitrogen and oxygen atoms in total. The second-order valence-corrected chi connectivity index (χ2v) is 5.86. The van der Waals surface area contributed by atoms with Crippen molar-refractivity contribution in [3.05, 3.63) is 35.9 Å². The fraction of sp³-hybridized carbons (Fsp3) is 0.600. The van der Waals surface area contributed by atoms with E-state index < -0.39 is 5.79 Å². The van der Waals surface area contributed by atoms with E-state index in [-0.39, 0.29) is 5.41 Å². The molecule has 1 aliphatic heterocycles. The highest BCUT2D eigenvalue weighted by molar-refractivity contribution is 5.14. The molecule has 0 saturated carbocycles. The lowest BCUT2D eigenvalue weighted by molar-refractivity contribution is -0.291. The Morgan fingerprint density at radius 1 is 1.00 bits per heavy atom. The lowest BCUT2D eigenvalue weighted by atomic mass is 9.94. The van der Waals surface area contributed by atoms with E-state index in [4.69, 9.17) is 9.47 Å². The molecule has 0 N–H and O–H groups in total. The van der Waals surface area contributed by atoms with E-state index >= 15 is 0 Å². The van der Waals surface area contributed by atoms with Crippen molar-refractivity contribution in [2.24, 2.45) is 5.41 Å². The first-order valence-corrected chi connectivity index (χ1v) is 6.31. The first kappa shape index (κ1) is 12.6. The predicted molar refractivity (Wildman–Crippen MR) is 68.9 cm³/mol. The molecule has 1 fully saturated rings. The molecule has 2 rings (SSSR count). The highest BCUT2D eigenvalue weighted by atomic mass is 16.7. The van der Waals surface area contributed by atoms with Gasteiger partial charge in [-0.05, 0) is 18.9 Å². The summed E-state index contributed by atoms with van der Waals surface area (Å²) in [4.78, 5) is 0. The van der Waals surface area contributed by atoms with E-state index in [2.05, 4.69) is 38.1 Å². The summed E-state index contributed by atoms with van der Waals surface area (Å²) in [6.45, 7) is 7.94. The van der Waals surface area contributed by atoms with Crippen molar-refractivity contribution in [2.45, 2.75) is 39.4 Å². The predicted octanol–water partition coefficient (Wildman–Crippen LogP) is 3.41. The van der Waals surface area contributed by atoms with Crippen molar-refractivity contribution >= 4 is 0 Å². The van der Waals surface area contributed by atoms with Gasteiger partial charge in [-0.15, -0.1) is 0 Å². The fourth-order valence-electron chi connectivity index (χ4n) is 1.94. The summed E-state index contributed by atoms with van der Waals surface area (Å²) in [5.74, 6) is -0.411. The monoisotopic (exact) mass is 234 g/mol. The minimum absolute atomic E-state index is 0.145. The van der Waals surface area contributed by atoms with Gasteiger partial charge < -0.3 is 9.47 Å². The Labute approximate surface area is 104 Å². The quantitative estimate of drug-likeness (QED) is 0.798. The van der Waals surface area contributed by atoms with Gasteiger partial charge in [0.05, 0.1) is 13.2 Å². The minimum atomic E-state index is -0.411. The van der Waals surface area contributed by atoms with E-state index in [0.29, 0.717) is 0 Å². The summed E-state index contributed by atoms with van der Waals surface area (Å²) in [7, 11) is 0. The van der Waals surface area contributed by atoms with Crippen LogP contribution in [0, 0.1) is 5.41 Å². The maximum Gasteiger partial charge on any atom is 0.165 e. The smallest absolute Gasteiger partial charge is 0.165 e. The zero-order valence-electron chi connectivity index (χ0n) is 11.0. The van der Waals surface area contributed by atoms with Gasteiger partial charge >= 0.3 is 0 Å². The van der Waals surface area contributed by atoms with Crippen LogP contribution in [0.4, 0.5) is 0 Å². The number of hydrogen-bond donors (Lipinski definition) is 0. The van der Waals surface area contributed by atoms with Gasteiger partial charge in [0.1, 0.15) is 0 Å². The van der Waals surface area contributed by atoms with Crippen LogP contribution in [0.15, 0.2) is 30.3 Å². The summed E-state index contributed by atoms with van der Waals surface area (Å²) < 4.78 is 11.8. The van der Waals surface area contributed by atoms with Crippen molar-refractivity contribution in [2.75, 3.05) is 13.2 Å². The number of hydrogen-bond acceptors (Lipinski definition) is 2. The molecule has 0 unspecified atom stereocenters. The van der Waals surface area contributed by atoms with Crippen molar-refractivity contribution < 1.29 is 9.47 Å². The number of aryl methyl sites for hydroxylation is 1. The van der Waals surface area contributed by atoms with Crippen LogP contribution in [-0.4, -0.2) is 19.0 Å². The fourth-order valence-corrected chi connectivity index (χ4v) is 1.94. The van der Waals surface area contributed by atoms with Crippen molar-refractivity contribution in [3.63, 3.8) is 0 Å². The lowest BCUT2D eigenvalue weighted by Gasteiger charge is -2.41. The molecule has 1 saturated heterocycles. The Morgan fingerprint density at radius 2 is 1.59 bits per heavy atom. The Bertz CT molecular complexity index is 346. The topological polar surface area (TPSA) is 18.5 Å². The Hall–Kier alpha value is -0.860. The third-order valence-electron chi connectivity index (χ3n) is 3.25. The highest BCUT2D eigenvalue weighted by Crippen LogP contribution is 2.31. The van der Waals surface area contributed by atoms with Gasteiger partial charge in [0.25, 0.3) is 0 Å². The van der Waals surface area contributed by atoms with Gasteiger partial charge in [-0.2, -0.15) is 0 Å². The summed E-state index contributed by atoms with van der Waals surface area (Å²) in [5.41, 5.74) is 1.48. The molecule has 0 amide bonds. The van der Waals surface area contributed by atoms with Crippen LogP contribution in [0.3, 0.4) is 0 Å². The molecule has 94 valence electrons. The molecule has 0 spiro atoms.